The molecule has 0 aromatic rings. The van der Waals surface area contributed by atoms with Gasteiger partial charge in [-0.15, -0.1) is 4.86 Å². The third kappa shape index (κ3) is 6.75. The van der Waals surface area contributed by atoms with E-state index in [0.29, 0.717) is 0 Å². The number of aliphatic hydroxyl groups is 3. The number of carbonyl (C=O) groups is 1. The van der Waals surface area contributed by atoms with E-state index in [2.05, 4.69) is 13.6 Å². The third-order valence-corrected chi connectivity index (χ3v) is 6.78. The maximum Gasteiger partial charge on any atom is 0.477 e. The Labute approximate surface area is 138 Å². The molecule has 1 rings (SSSR count). The van der Waals surface area contributed by atoms with Gasteiger partial charge in [0.05, 0.1) is 0 Å². The molecule has 1 fully saturated rings. The highest BCUT2D eigenvalue weighted by Crippen LogP contribution is 2.60. The lowest BCUT2D eigenvalue weighted by Crippen LogP contribution is -2.60. The van der Waals surface area contributed by atoms with E-state index in [-0.39, 0.29) is 0 Å². The first kappa shape index (κ1) is 22.8. The molecule has 0 aromatic heterocycles. The average molecular weight is 433 g/mol. The molecule has 0 radical (unpaired) electrons. The average Bonchev–Trinajstić information content (AvgIpc) is 2.34. The van der Waals surface area contributed by atoms with E-state index in [0.717, 1.165) is 4.86 Å². The molecule has 0 saturated carbocycles. The monoisotopic (exact) mass is 433 g/mol. The Hall–Kier alpha value is -0.280. The van der Waals surface area contributed by atoms with Gasteiger partial charge in [0.15, 0.2) is 12.4 Å². The first-order valence-corrected chi connectivity index (χ1v) is 10.6. The number of phosphoric acid groups is 1. The van der Waals surface area contributed by atoms with Gasteiger partial charge in [-0.05, 0) is 0 Å². The van der Waals surface area contributed by atoms with Gasteiger partial charge in [-0.2, -0.15) is 4.31 Å². The predicted octanol–water partition coefficient (Wildman–Crippen LogP) is -3.21. The lowest BCUT2D eigenvalue weighted by atomic mass is 9.99. The summed E-state index contributed by atoms with van der Waals surface area (Å²) in [4.78, 5) is 46.9. The van der Waals surface area contributed by atoms with Crippen molar-refractivity contribution in [3.05, 3.63) is 0 Å². The van der Waals surface area contributed by atoms with Gasteiger partial charge < -0.3 is 44.7 Å². The molecule has 1 aliphatic heterocycles. The maximum atomic E-state index is 11.7. The van der Waals surface area contributed by atoms with Crippen LogP contribution in [0, 0.1) is 0 Å². The number of carboxylic acid groups (broad SMARTS) is 1. The second kappa shape index (κ2) is 7.76. The van der Waals surface area contributed by atoms with E-state index < -0.39 is 60.0 Å². The Morgan fingerprint density at radius 2 is 1.44 bits per heavy atom. The molecule has 0 bridgehead atoms. The van der Waals surface area contributed by atoms with Crippen molar-refractivity contribution in [2.75, 3.05) is 0 Å². The van der Waals surface area contributed by atoms with Crippen molar-refractivity contribution in [3.63, 3.8) is 0 Å². The van der Waals surface area contributed by atoms with Crippen molar-refractivity contribution in [1.82, 2.24) is 4.86 Å². The molecule has 19 heteroatoms. The van der Waals surface area contributed by atoms with Crippen LogP contribution in [0.4, 0.5) is 0 Å². The predicted molar refractivity (Wildman–Crippen MR) is 71.3 cm³/mol. The zero-order valence-electron chi connectivity index (χ0n) is 11.7. The van der Waals surface area contributed by atoms with Crippen molar-refractivity contribution >= 4 is 29.3 Å². The molecule has 2 unspecified atom stereocenters. The molecule has 0 amide bonds. The Balaban J connectivity index is 2.91. The summed E-state index contributed by atoms with van der Waals surface area (Å²) in [7, 11) is -16.7. The van der Waals surface area contributed by atoms with E-state index in [1.165, 1.54) is 0 Å². The van der Waals surface area contributed by atoms with Crippen molar-refractivity contribution in [2.45, 2.75) is 30.7 Å². The van der Waals surface area contributed by atoms with Gasteiger partial charge in [0.2, 0.25) is 0 Å². The third-order valence-electron chi connectivity index (χ3n) is 2.53. The first-order valence-electron chi connectivity index (χ1n) is 5.87. The molecule has 7 atom stereocenters. The van der Waals surface area contributed by atoms with Crippen LogP contribution in [0.1, 0.15) is 0 Å². The van der Waals surface area contributed by atoms with Gasteiger partial charge in [-0.25, -0.2) is 18.5 Å². The fourth-order valence-electron chi connectivity index (χ4n) is 1.63. The van der Waals surface area contributed by atoms with Crippen LogP contribution >= 0.6 is 23.3 Å². The van der Waals surface area contributed by atoms with Gasteiger partial charge in [0.1, 0.15) is 18.3 Å². The van der Waals surface area contributed by atoms with Crippen LogP contribution in [0.15, 0.2) is 0 Å². The number of rotatable bonds is 7. The topological polar surface area (TPSA) is 270 Å². The minimum absolute atomic E-state index is 0.830. The largest absolute Gasteiger partial charge is 0.479 e. The molecular weight excluding hydrogens is 419 g/mol. The number of aliphatic carboxylic acids is 1. The Kier molecular flexibility index (Phi) is 7.07. The van der Waals surface area contributed by atoms with E-state index >= 15 is 0 Å². The van der Waals surface area contributed by atoms with Crippen molar-refractivity contribution in [2.24, 2.45) is 0 Å². The molecule has 25 heavy (non-hydrogen) atoms. The fourth-order valence-corrected chi connectivity index (χ4v) is 5.18. The van der Waals surface area contributed by atoms with Crippen molar-refractivity contribution in [1.29, 1.82) is 0 Å². The van der Waals surface area contributed by atoms with Crippen LogP contribution in [-0.4, -0.2) is 76.7 Å². The normalized spacial score (nSPS) is 35.6. The highest BCUT2D eigenvalue weighted by atomic mass is 31.3. The molecule has 1 saturated heterocycles. The fraction of sp³-hybridized carbons (Fsp3) is 0.833. The summed E-state index contributed by atoms with van der Waals surface area (Å²) in [5.41, 5.74) is 0. The zero-order valence-corrected chi connectivity index (χ0v) is 14.3. The molecule has 9 N–H and O–H groups in total. The van der Waals surface area contributed by atoms with Crippen LogP contribution in [0.2, 0.25) is 0 Å². The highest BCUT2D eigenvalue weighted by Gasteiger charge is 2.50. The second-order valence-corrected chi connectivity index (χ2v) is 9.28. The van der Waals surface area contributed by atoms with Gasteiger partial charge in [0, 0.05) is 0 Å². The number of ether oxygens (including phenoxy) is 1. The van der Waals surface area contributed by atoms with Crippen LogP contribution in [0.3, 0.4) is 0 Å². The molecule has 16 nitrogen and oxygen atoms in total. The molecule has 1 aliphatic rings. The summed E-state index contributed by atoms with van der Waals surface area (Å²) in [6, 6.07) is 0. The molecule has 1 heterocycles. The minimum Gasteiger partial charge on any atom is -0.479 e. The van der Waals surface area contributed by atoms with Crippen LogP contribution in [-0.2, 0) is 32.1 Å². The van der Waals surface area contributed by atoms with Crippen molar-refractivity contribution in [3.8, 4) is 0 Å². The molecule has 148 valence electrons. The van der Waals surface area contributed by atoms with E-state index in [9.17, 15) is 38.7 Å². The summed E-state index contributed by atoms with van der Waals surface area (Å²) in [6.45, 7) is 0. The first-order chi connectivity index (χ1) is 11.0. The summed E-state index contributed by atoms with van der Waals surface area (Å²) in [5.74, 6) is -1.84. The van der Waals surface area contributed by atoms with Crippen LogP contribution in [0.5, 0.6) is 0 Å². The smallest absolute Gasteiger partial charge is 0.477 e. The number of aliphatic hydroxyl groups excluding tert-OH is 3. The van der Waals surface area contributed by atoms with E-state index in [1.54, 1.807) is 0 Å². The Morgan fingerprint density at radius 3 is 1.88 bits per heavy atom. The molecule has 0 aromatic carbocycles. The lowest BCUT2D eigenvalue weighted by molar-refractivity contribution is -0.272. The van der Waals surface area contributed by atoms with Gasteiger partial charge >= 0.3 is 29.3 Å². The Bertz CT molecular complexity index is 645. The summed E-state index contributed by atoms with van der Waals surface area (Å²) >= 11 is 0. The summed E-state index contributed by atoms with van der Waals surface area (Å²) in [5, 5.41) is 37.2. The van der Waals surface area contributed by atoms with Gasteiger partial charge in [-0.3, -0.25) is 4.52 Å². The van der Waals surface area contributed by atoms with E-state index in [4.69, 9.17) is 19.8 Å². The summed E-state index contributed by atoms with van der Waals surface area (Å²) < 4.78 is 45.4. The van der Waals surface area contributed by atoms with Crippen LogP contribution in [0.25, 0.3) is 0 Å². The Morgan fingerprint density at radius 1 is 0.920 bits per heavy atom. The highest BCUT2D eigenvalue weighted by molar-refractivity contribution is 7.70. The van der Waals surface area contributed by atoms with Gasteiger partial charge in [-0.1, -0.05) is 0 Å². The zero-order chi connectivity index (χ0) is 19.8. The van der Waals surface area contributed by atoms with Gasteiger partial charge in [0.25, 0.3) is 0 Å². The number of hydrogen-bond acceptors (Lipinski definition) is 10. The number of nitrogens with one attached hydrogen (secondary N) is 1. The second-order valence-electron chi connectivity index (χ2n) is 4.55. The quantitative estimate of drug-likeness (QED) is 0.179. The van der Waals surface area contributed by atoms with Crippen molar-refractivity contribution < 1.29 is 72.1 Å². The lowest BCUT2D eigenvalue weighted by Gasteiger charge is -2.38. The van der Waals surface area contributed by atoms with E-state index in [1.807, 2.05) is 0 Å². The number of carboxylic acids is 1. The maximum absolute atomic E-state index is 11.7. The van der Waals surface area contributed by atoms with Crippen LogP contribution < -0.4 is 4.86 Å². The molecule has 0 spiro atoms. The minimum atomic E-state index is -5.60. The molecule has 0 aliphatic carbocycles. The summed E-state index contributed by atoms with van der Waals surface area (Å²) in [6.07, 6.45) is -11.2. The molecular formula is C6H14NO15P3. The SMILES string of the molecule is O=C(O)[C@H]1O[C@@H](OP(=O)(O)NP(=O)(O)OP(=O)(O)O)[C@H](O)[C@@H](O)[C@@H]1O. The standard InChI is InChI=1S/C6H14NO15P3/c8-1-2(9)4(5(11)12)20-6(3(1)10)21-23(13,14)7-24(15,16)22-25(17,18)19/h1-4,6,8-10H,(H,11,12)(H2,17,18,19)(H3,7,13,14,15,16)/t1-,2-,3+,4-,6-/m0/s1. The number of hydrogen-bond donors (Lipinski definition) is 9.